The Morgan fingerprint density at radius 2 is 2.10 bits per heavy atom. The highest BCUT2D eigenvalue weighted by molar-refractivity contribution is 9.11. The van der Waals surface area contributed by atoms with E-state index in [1.54, 1.807) is 6.07 Å². The molecule has 8 heteroatoms. The quantitative estimate of drug-likeness (QED) is 0.373. The van der Waals surface area contributed by atoms with Gasteiger partial charge in [-0.3, -0.25) is 10.1 Å². The van der Waals surface area contributed by atoms with E-state index in [2.05, 4.69) is 25.9 Å². The zero-order valence-electron chi connectivity index (χ0n) is 9.71. The monoisotopic (exact) mass is 369 g/mol. The van der Waals surface area contributed by atoms with Gasteiger partial charge >= 0.3 is 0 Å². The Hall–Kier alpha value is -1.57. The molecule has 0 unspecified atom stereocenters. The minimum atomic E-state index is -0.473. The molecule has 3 rings (SSSR count). The topological polar surface area (TPSA) is 68.9 Å². The van der Waals surface area contributed by atoms with Crippen molar-refractivity contribution in [2.75, 3.05) is 0 Å². The Morgan fingerprint density at radius 3 is 2.75 bits per heavy atom. The standard InChI is InChI=1S/C12H5BrClN3O2S/c13-10-3-6(5-20-10)12-15-9-2-1-7(17(18)19)4-8(9)11(14)16-12/h1-5H. The van der Waals surface area contributed by atoms with Crippen LogP contribution in [-0.2, 0) is 0 Å². The van der Waals surface area contributed by atoms with Gasteiger partial charge in [0, 0.05) is 28.5 Å². The molecule has 0 N–H and O–H groups in total. The highest BCUT2D eigenvalue weighted by Gasteiger charge is 2.13. The molecule has 5 nitrogen and oxygen atoms in total. The van der Waals surface area contributed by atoms with Crippen LogP contribution >= 0.6 is 38.9 Å². The highest BCUT2D eigenvalue weighted by atomic mass is 79.9. The van der Waals surface area contributed by atoms with E-state index >= 15 is 0 Å². The molecule has 1 aromatic carbocycles. The summed E-state index contributed by atoms with van der Waals surface area (Å²) in [4.78, 5) is 18.9. The van der Waals surface area contributed by atoms with Gasteiger partial charge in [-0.15, -0.1) is 11.3 Å². The number of aromatic nitrogens is 2. The van der Waals surface area contributed by atoms with Crippen LogP contribution in [0.15, 0.2) is 33.4 Å². The molecule has 0 amide bonds. The lowest BCUT2D eigenvalue weighted by molar-refractivity contribution is -0.384. The lowest BCUT2D eigenvalue weighted by atomic mass is 10.2. The van der Waals surface area contributed by atoms with Crippen molar-refractivity contribution in [2.45, 2.75) is 0 Å². The van der Waals surface area contributed by atoms with Gasteiger partial charge in [0.2, 0.25) is 0 Å². The van der Waals surface area contributed by atoms with Gasteiger partial charge in [0.25, 0.3) is 5.69 Å². The Morgan fingerprint density at radius 1 is 1.30 bits per heavy atom. The Bertz CT molecular complexity index is 837. The molecule has 3 aromatic rings. The van der Waals surface area contributed by atoms with E-state index < -0.39 is 4.92 Å². The van der Waals surface area contributed by atoms with Crippen molar-refractivity contribution in [3.8, 4) is 11.4 Å². The maximum absolute atomic E-state index is 10.8. The van der Waals surface area contributed by atoms with Crippen LogP contribution in [0.3, 0.4) is 0 Å². The number of hydrogen-bond donors (Lipinski definition) is 0. The average molecular weight is 371 g/mol. The summed E-state index contributed by atoms with van der Waals surface area (Å²) >= 11 is 11.0. The van der Waals surface area contributed by atoms with Crippen LogP contribution in [0, 0.1) is 10.1 Å². The van der Waals surface area contributed by atoms with Crippen molar-refractivity contribution >= 4 is 55.5 Å². The molecule has 20 heavy (non-hydrogen) atoms. The zero-order valence-corrected chi connectivity index (χ0v) is 12.9. The first-order chi connectivity index (χ1) is 9.54. The smallest absolute Gasteiger partial charge is 0.258 e. The van der Waals surface area contributed by atoms with E-state index in [-0.39, 0.29) is 10.8 Å². The number of halogens is 2. The summed E-state index contributed by atoms with van der Waals surface area (Å²) in [6, 6.07) is 6.25. The van der Waals surface area contributed by atoms with Crippen LogP contribution in [-0.4, -0.2) is 14.9 Å². The number of nitro groups is 1. The average Bonchev–Trinajstić information content (AvgIpc) is 2.85. The van der Waals surface area contributed by atoms with Gasteiger partial charge in [-0.1, -0.05) is 11.6 Å². The zero-order chi connectivity index (χ0) is 14.3. The molecule has 2 aromatic heterocycles. The fourth-order valence-corrected chi connectivity index (χ4v) is 3.12. The van der Waals surface area contributed by atoms with Crippen LogP contribution in [0.1, 0.15) is 0 Å². The molecule has 0 fully saturated rings. The summed E-state index contributed by atoms with van der Waals surface area (Å²) in [5.41, 5.74) is 1.39. The first-order valence-electron chi connectivity index (χ1n) is 5.41. The number of rotatable bonds is 2. The molecule has 100 valence electrons. The third-order valence-corrected chi connectivity index (χ3v) is 4.46. The maximum atomic E-state index is 10.8. The molecule has 0 radical (unpaired) electrons. The van der Waals surface area contributed by atoms with Crippen molar-refractivity contribution < 1.29 is 4.92 Å². The minimum Gasteiger partial charge on any atom is -0.258 e. The molecule has 0 bridgehead atoms. The first kappa shape index (κ1) is 13.4. The minimum absolute atomic E-state index is 0.0333. The van der Waals surface area contributed by atoms with Crippen molar-refractivity contribution in [1.29, 1.82) is 0 Å². The molecule has 0 spiro atoms. The van der Waals surface area contributed by atoms with Gasteiger partial charge in [-0.25, -0.2) is 9.97 Å². The number of nitrogens with zero attached hydrogens (tertiary/aromatic N) is 3. The van der Waals surface area contributed by atoms with Gasteiger partial charge in [-0.05, 0) is 28.1 Å². The summed E-state index contributed by atoms with van der Waals surface area (Å²) < 4.78 is 0.969. The normalized spacial score (nSPS) is 10.9. The lowest BCUT2D eigenvalue weighted by Gasteiger charge is -2.03. The van der Waals surface area contributed by atoms with E-state index in [4.69, 9.17) is 11.6 Å². The number of non-ortho nitro benzene ring substituents is 1. The highest BCUT2D eigenvalue weighted by Crippen LogP contribution is 2.31. The van der Waals surface area contributed by atoms with E-state index in [0.717, 1.165) is 9.35 Å². The lowest BCUT2D eigenvalue weighted by Crippen LogP contribution is -1.93. The predicted molar refractivity (Wildman–Crippen MR) is 82.2 cm³/mol. The van der Waals surface area contributed by atoms with Gasteiger partial charge < -0.3 is 0 Å². The summed E-state index contributed by atoms with van der Waals surface area (Å²) in [6.45, 7) is 0. The summed E-state index contributed by atoms with van der Waals surface area (Å²) in [7, 11) is 0. The maximum Gasteiger partial charge on any atom is 0.270 e. The van der Waals surface area contributed by atoms with Crippen molar-refractivity contribution in [3.05, 3.63) is 48.7 Å². The molecular weight excluding hydrogens is 366 g/mol. The third kappa shape index (κ3) is 2.39. The van der Waals surface area contributed by atoms with Gasteiger partial charge in [0.15, 0.2) is 5.82 Å². The molecule has 2 heterocycles. The second kappa shape index (κ2) is 5.08. The molecule has 0 aliphatic rings. The Kier molecular flexibility index (Phi) is 3.41. The van der Waals surface area contributed by atoms with E-state index in [0.29, 0.717) is 16.7 Å². The van der Waals surface area contributed by atoms with Crippen LogP contribution < -0.4 is 0 Å². The second-order valence-electron chi connectivity index (χ2n) is 3.94. The molecule has 0 saturated carbocycles. The molecule has 0 saturated heterocycles. The van der Waals surface area contributed by atoms with Gasteiger partial charge in [0.05, 0.1) is 14.2 Å². The number of fused-ring (bicyclic) bond motifs is 1. The predicted octanol–water partition coefficient (Wildman–Crippen LogP) is 4.68. The first-order valence-corrected chi connectivity index (χ1v) is 7.46. The molecular formula is C12H5BrClN3O2S. The van der Waals surface area contributed by atoms with E-state index in [1.165, 1.54) is 23.5 Å². The van der Waals surface area contributed by atoms with Gasteiger partial charge in [-0.2, -0.15) is 0 Å². The van der Waals surface area contributed by atoms with E-state index in [9.17, 15) is 10.1 Å². The molecule has 0 aliphatic heterocycles. The third-order valence-electron chi connectivity index (χ3n) is 2.67. The van der Waals surface area contributed by atoms with Crippen LogP contribution in [0.2, 0.25) is 5.15 Å². The Balaban J connectivity index is 2.20. The molecule has 0 aliphatic carbocycles. The Labute approximate surface area is 130 Å². The largest absolute Gasteiger partial charge is 0.270 e. The van der Waals surface area contributed by atoms with Crippen molar-refractivity contribution in [3.63, 3.8) is 0 Å². The number of nitro benzene ring substituents is 1. The second-order valence-corrected chi connectivity index (χ2v) is 6.58. The fraction of sp³-hybridized carbons (Fsp3) is 0. The molecule has 0 atom stereocenters. The summed E-state index contributed by atoms with van der Waals surface area (Å²) in [5, 5.41) is 13.4. The van der Waals surface area contributed by atoms with E-state index in [1.807, 2.05) is 11.4 Å². The number of hydrogen-bond acceptors (Lipinski definition) is 5. The van der Waals surface area contributed by atoms with Gasteiger partial charge in [0.1, 0.15) is 5.15 Å². The van der Waals surface area contributed by atoms with Crippen LogP contribution in [0.5, 0.6) is 0 Å². The fourth-order valence-electron chi connectivity index (χ4n) is 1.75. The van der Waals surface area contributed by atoms with Crippen molar-refractivity contribution in [1.82, 2.24) is 9.97 Å². The summed E-state index contributed by atoms with van der Waals surface area (Å²) in [5.74, 6) is 0.498. The SMILES string of the molecule is O=[N+]([O-])c1ccc2nc(-c3csc(Br)c3)nc(Cl)c2c1. The number of benzene rings is 1. The van der Waals surface area contributed by atoms with Crippen LogP contribution in [0.25, 0.3) is 22.3 Å². The van der Waals surface area contributed by atoms with Crippen LogP contribution in [0.4, 0.5) is 5.69 Å². The number of thiophene rings is 1. The summed E-state index contributed by atoms with van der Waals surface area (Å²) in [6.07, 6.45) is 0. The van der Waals surface area contributed by atoms with Crippen molar-refractivity contribution in [2.24, 2.45) is 0 Å².